The maximum atomic E-state index is 13.5. The van der Waals surface area contributed by atoms with Gasteiger partial charge in [-0.25, -0.2) is 4.39 Å². The van der Waals surface area contributed by atoms with E-state index >= 15 is 0 Å². The molecule has 1 N–H and O–H groups in total. The molecule has 1 saturated carbocycles. The van der Waals surface area contributed by atoms with Gasteiger partial charge in [0.15, 0.2) is 0 Å². The van der Waals surface area contributed by atoms with E-state index in [9.17, 15) is 9.50 Å². The Morgan fingerprint density at radius 2 is 1.80 bits per heavy atom. The predicted molar refractivity (Wildman–Crippen MR) is 80.4 cm³/mol. The first-order chi connectivity index (χ1) is 9.75. The summed E-state index contributed by atoms with van der Waals surface area (Å²) in [6.07, 6.45) is 0.660. The first kappa shape index (κ1) is 13.7. The zero-order valence-corrected chi connectivity index (χ0v) is 11.9. The second-order valence-electron chi connectivity index (χ2n) is 5.23. The van der Waals surface area contributed by atoms with Gasteiger partial charge in [0.05, 0.1) is 6.10 Å². The molecule has 0 radical (unpaired) electrons. The number of thioether (sulfide) groups is 1. The van der Waals surface area contributed by atoms with Crippen LogP contribution in [0.3, 0.4) is 0 Å². The van der Waals surface area contributed by atoms with Crippen LogP contribution in [0.4, 0.5) is 4.39 Å². The predicted octanol–water partition coefficient (Wildman–Crippen LogP) is 4.08. The van der Waals surface area contributed by atoms with Crippen molar-refractivity contribution in [2.24, 2.45) is 5.92 Å². The molecule has 0 heterocycles. The third kappa shape index (κ3) is 3.05. The lowest BCUT2D eigenvalue weighted by molar-refractivity contribution is 0.173. The quantitative estimate of drug-likeness (QED) is 0.837. The summed E-state index contributed by atoms with van der Waals surface area (Å²) in [5.41, 5.74) is 1.30. The summed E-state index contributed by atoms with van der Waals surface area (Å²) in [6.45, 7) is 0. The van der Waals surface area contributed by atoms with E-state index in [-0.39, 0.29) is 11.9 Å². The van der Waals surface area contributed by atoms with Crippen molar-refractivity contribution in [1.29, 1.82) is 0 Å². The van der Waals surface area contributed by atoms with Crippen LogP contribution in [0.2, 0.25) is 0 Å². The van der Waals surface area contributed by atoms with Gasteiger partial charge >= 0.3 is 0 Å². The van der Waals surface area contributed by atoms with E-state index in [1.807, 2.05) is 24.3 Å². The van der Waals surface area contributed by atoms with Crippen LogP contribution in [0.15, 0.2) is 59.5 Å². The number of halogens is 1. The highest BCUT2D eigenvalue weighted by Gasteiger charge is 2.43. The van der Waals surface area contributed by atoms with Gasteiger partial charge in [0.2, 0.25) is 0 Å². The SMILES string of the molecule is OC(CSc1ccccc1F)C1CC1c1ccccc1. The third-order valence-corrected chi connectivity index (χ3v) is 4.96. The van der Waals surface area contributed by atoms with Crippen LogP contribution < -0.4 is 0 Å². The van der Waals surface area contributed by atoms with Crippen molar-refractivity contribution in [3.63, 3.8) is 0 Å². The Kier molecular flexibility index (Phi) is 4.08. The van der Waals surface area contributed by atoms with Gasteiger partial charge in [-0.1, -0.05) is 42.5 Å². The van der Waals surface area contributed by atoms with Crippen LogP contribution >= 0.6 is 11.8 Å². The maximum Gasteiger partial charge on any atom is 0.136 e. The van der Waals surface area contributed by atoms with Crippen LogP contribution in [0.25, 0.3) is 0 Å². The Balaban J connectivity index is 1.54. The highest BCUT2D eigenvalue weighted by Crippen LogP contribution is 2.50. The number of aliphatic hydroxyl groups excluding tert-OH is 1. The highest BCUT2D eigenvalue weighted by molar-refractivity contribution is 7.99. The van der Waals surface area contributed by atoms with Gasteiger partial charge in [0.1, 0.15) is 5.82 Å². The third-order valence-electron chi connectivity index (χ3n) is 3.81. The smallest absolute Gasteiger partial charge is 0.136 e. The molecule has 3 unspecified atom stereocenters. The summed E-state index contributed by atoms with van der Waals surface area (Å²) >= 11 is 1.40. The van der Waals surface area contributed by atoms with Gasteiger partial charge in [-0.2, -0.15) is 0 Å². The molecule has 1 aliphatic carbocycles. The normalized spacial score (nSPS) is 22.5. The Hall–Kier alpha value is -1.32. The van der Waals surface area contributed by atoms with Crippen LogP contribution in [0.1, 0.15) is 17.9 Å². The minimum atomic E-state index is -0.371. The van der Waals surface area contributed by atoms with E-state index in [0.29, 0.717) is 22.5 Å². The molecular formula is C17H17FOS. The summed E-state index contributed by atoms with van der Waals surface area (Å²) in [5, 5.41) is 10.2. The molecule has 20 heavy (non-hydrogen) atoms. The molecule has 1 aliphatic rings. The van der Waals surface area contributed by atoms with Crippen molar-refractivity contribution >= 4 is 11.8 Å². The summed E-state index contributed by atoms with van der Waals surface area (Å²) in [5.74, 6) is 1.12. The molecule has 3 heteroatoms. The van der Waals surface area contributed by atoms with Crippen molar-refractivity contribution in [2.45, 2.75) is 23.3 Å². The molecule has 3 atom stereocenters. The number of aliphatic hydroxyl groups is 1. The molecule has 0 saturated heterocycles. The highest BCUT2D eigenvalue weighted by atomic mass is 32.2. The fourth-order valence-electron chi connectivity index (χ4n) is 2.58. The van der Waals surface area contributed by atoms with Gasteiger partial charge in [-0.15, -0.1) is 11.8 Å². The number of rotatable bonds is 5. The summed E-state index contributed by atoms with van der Waals surface area (Å²) in [4.78, 5) is 0.614. The number of hydrogen-bond acceptors (Lipinski definition) is 2. The van der Waals surface area contributed by atoms with Crippen LogP contribution in [0, 0.1) is 11.7 Å². The topological polar surface area (TPSA) is 20.2 Å². The van der Waals surface area contributed by atoms with Crippen LogP contribution in [-0.4, -0.2) is 17.0 Å². The van der Waals surface area contributed by atoms with Crippen molar-refractivity contribution < 1.29 is 9.50 Å². The lowest BCUT2D eigenvalue weighted by Gasteiger charge is -2.10. The van der Waals surface area contributed by atoms with E-state index in [2.05, 4.69) is 12.1 Å². The fourth-order valence-corrected chi connectivity index (χ4v) is 3.56. The van der Waals surface area contributed by atoms with Crippen LogP contribution in [-0.2, 0) is 0 Å². The van der Waals surface area contributed by atoms with E-state index in [4.69, 9.17) is 0 Å². The zero-order chi connectivity index (χ0) is 13.9. The molecule has 0 bridgehead atoms. The second kappa shape index (κ2) is 5.98. The molecule has 2 aromatic carbocycles. The first-order valence-electron chi connectivity index (χ1n) is 6.86. The van der Waals surface area contributed by atoms with Gasteiger partial charge in [0.25, 0.3) is 0 Å². The first-order valence-corrected chi connectivity index (χ1v) is 7.84. The minimum absolute atomic E-state index is 0.208. The summed E-state index contributed by atoms with van der Waals surface area (Å²) in [6, 6.07) is 17.0. The Morgan fingerprint density at radius 1 is 1.10 bits per heavy atom. The largest absolute Gasteiger partial charge is 0.392 e. The Labute approximate surface area is 122 Å². The monoisotopic (exact) mass is 288 g/mol. The Bertz CT molecular complexity index is 572. The fraction of sp³-hybridized carbons (Fsp3) is 0.294. The van der Waals surface area contributed by atoms with Crippen LogP contribution in [0.5, 0.6) is 0 Å². The van der Waals surface area contributed by atoms with Gasteiger partial charge < -0.3 is 5.11 Å². The standard InChI is InChI=1S/C17H17FOS/c18-15-8-4-5-9-17(15)20-11-16(19)14-10-13(14)12-6-2-1-3-7-12/h1-9,13-14,16,19H,10-11H2. The molecule has 0 aliphatic heterocycles. The molecule has 0 spiro atoms. The maximum absolute atomic E-state index is 13.5. The molecule has 104 valence electrons. The molecule has 3 rings (SSSR count). The van der Waals surface area contributed by atoms with E-state index in [1.165, 1.54) is 23.4 Å². The number of benzene rings is 2. The van der Waals surface area contributed by atoms with Gasteiger partial charge in [0, 0.05) is 10.6 Å². The van der Waals surface area contributed by atoms with E-state index < -0.39 is 0 Å². The summed E-state index contributed by atoms with van der Waals surface area (Å²) < 4.78 is 13.5. The number of hydrogen-bond donors (Lipinski definition) is 1. The lowest BCUT2D eigenvalue weighted by Crippen LogP contribution is -2.13. The molecule has 0 aromatic heterocycles. The zero-order valence-electron chi connectivity index (χ0n) is 11.1. The second-order valence-corrected chi connectivity index (χ2v) is 6.29. The molecular weight excluding hydrogens is 271 g/mol. The molecule has 2 aromatic rings. The van der Waals surface area contributed by atoms with Crippen molar-refractivity contribution in [3.05, 3.63) is 66.0 Å². The van der Waals surface area contributed by atoms with E-state index in [0.717, 1.165) is 6.42 Å². The molecule has 0 amide bonds. The summed E-state index contributed by atoms with van der Waals surface area (Å²) in [7, 11) is 0. The molecule has 1 fully saturated rings. The minimum Gasteiger partial charge on any atom is -0.392 e. The van der Waals surface area contributed by atoms with Gasteiger partial charge in [-0.3, -0.25) is 0 Å². The average Bonchev–Trinajstić information content (AvgIpc) is 3.28. The Morgan fingerprint density at radius 3 is 2.55 bits per heavy atom. The van der Waals surface area contributed by atoms with E-state index in [1.54, 1.807) is 12.1 Å². The molecule has 1 nitrogen and oxygen atoms in total. The van der Waals surface area contributed by atoms with Crippen molar-refractivity contribution in [3.8, 4) is 0 Å². The average molecular weight is 288 g/mol. The van der Waals surface area contributed by atoms with Crippen molar-refractivity contribution in [1.82, 2.24) is 0 Å². The lowest BCUT2D eigenvalue weighted by atomic mass is 10.1. The van der Waals surface area contributed by atoms with Crippen molar-refractivity contribution in [2.75, 3.05) is 5.75 Å². The van der Waals surface area contributed by atoms with Gasteiger partial charge in [-0.05, 0) is 36.0 Å².